The number of halogens is 2. The molecule has 1 fully saturated rings. The molecule has 3 amide bonds. The van der Waals surface area contributed by atoms with E-state index < -0.39 is 35.1 Å². The van der Waals surface area contributed by atoms with E-state index in [2.05, 4.69) is 0 Å². The van der Waals surface area contributed by atoms with Crippen LogP contribution in [0.2, 0.25) is 0 Å². The maximum Gasteiger partial charge on any atom is 0.361 e. The van der Waals surface area contributed by atoms with E-state index in [0.29, 0.717) is 22.4 Å². The van der Waals surface area contributed by atoms with Gasteiger partial charge in [-0.2, -0.15) is 0 Å². The fourth-order valence-electron chi connectivity index (χ4n) is 3.12. The van der Waals surface area contributed by atoms with E-state index in [-0.39, 0.29) is 12.1 Å². The number of nitrogens with zero attached hydrogens (tertiary/aromatic N) is 2. The van der Waals surface area contributed by atoms with Crippen LogP contribution in [-0.2, 0) is 26.5 Å². The van der Waals surface area contributed by atoms with Crippen molar-refractivity contribution in [2.24, 2.45) is 0 Å². The summed E-state index contributed by atoms with van der Waals surface area (Å²) in [4.78, 5) is 43.4. The number of methoxy groups -OCH3 is 1. The van der Waals surface area contributed by atoms with Crippen LogP contribution in [0.25, 0.3) is 0 Å². The number of rotatable bonds is 5. The maximum absolute atomic E-state index is 13.8. The van der Waals surface area contributed by atoms with E-state index >= 15 is 0 Å². The molecule has 0 aliphatic carbocycles. The number of hydroxylamine groups is 2. The highest BCUT2D eigenvalue weighted by Crippen LogP contribution is 2.39. The molecule has 7 nitrogen and oxygen atoms in total. The average molecular weight is 404 g/mol. The first-order chi connectivity index (χ1) is 13.7. The zero-order valence-electron chi connectivity index (χ0n) is 15.9. The Bertz CT molecular complexity index is 959. The van der Waals surface area contributed by atoms with Crippen molar-refractivity contribution in [3.8, 4) is 5.75 Å². The number of imide groups is 1. The van der Waals surface area contributed by atoms with Gasteiger partial charge in [0.25, 0.3) is 5.91 Å². The summed E-state index contributed by atoms with van der Waals surface area (Å²) in [5.41, 5.74) is -1.49. The van der Waals surface area contributed by atoms with Gasteiger partial charge in [0.1, 0.15) is 17.4 Å². The summed E-state index contributed by atoms with van der Waals surface area (Å²) in [6.45, 7) is 2.18. The maximum atomic E-state index is 13.8. The summed E-state index contributed by atoms with van der Waals surface area (Å²) >= 11 is 0. The second-order valence-corrected chi connectivity index (χ2v) is 6.63. The molecule has 0 aromatic heterocycles. The number of hydrogen-bond acceptors (Lipinski definition) is 5. The van der Waals surface area contributed by atoms with E-state index in [1.54, 1.807) is 24.3 Å². The molecule has 0 radical (unpaired) electrons. The third-order valence-corrected chi connectivity index (χ3v) is 4.62. The van der Waals surface area contributed by atoms with Crippen LogP contribution in [0.4, 0.5) is 13.6 Å². The average Bonchev–Trinajstić information content (AvgIpc) is 2.84. The van der Waals surface area contributed by atoms with Gasteiger partial charge in [0.05, 0.1) is 13.7 Å². The fourth-order valence-corrected chi connectivity index (χ4v) is 3.12. The molecule has 9 heteroatoms. The molecule has 1 aliphatic rings. The molecular formula is C20H18F2N2O5. The number of carbonyl (C=O) groups is 3. The van der Waals surface area contributed by atoms with Gasteiger partial charge in [-0.3, -0.25) is 14.5 Å². The molecule has 29 heavy (non-hydrogen) atoms. The summed E-state index contributed by atoms with van der Waals surface area (Å²) in [7, 11) is 1.50. The van der Waals surface area contributed by atoms with Crippen molar-refractivity contribution in [2.45, 2.75) is 25.9 Å². The molecule has 2 aromatic carbocycles. The van der Waals surface area contributed by atoms with Crippen molar-refractivity contribution >= 4 is 17.9 Å². The Labute approximate surface area is 165 Å². The second kappa shape index (κ2) is 7.50. The van der Waals surface area contributed by atoms with Crippen LogP contribution in [0.15, 0.2) is 42.5 Å². The highest BCUT2D eigenvalue weighted by Gasteiger charge is 2.58. The number of hydrogen-bond donors (Lipinski definition) is 0. The third-order valence-electron chi connectivity index (χ3n) is 4.62. The van der Waals surface area contributed by atoms with Gasteiger partial charge in [-0.15, -0.1) is 5.06 Å². The lowest BCUT2D eigenvalue weighted by Crippen LogP contribution is -2.45. The lowest BCUT2D eigenvalue weighted by atomic mass is 9.91. The molecule has 0 N–H and O–H groups in total. The van der Waals surface area contributed by atoms with Crippen LogP contribution in [0.1, 0.15) is 25.0 Å². The van der Waals surface area contributed by atoms with Crippen molar-refractivity contribution in [3.63, 3.8) is 0 Å². The minimum atomic E-state index is -1.93. The lowest BCUT2D eigenvalue weighted by molar-refractivity contribution is -0.190. The zero-order chi connectivity index (χ0) is 21.3. The number of urea groups is 1. The van der Waals surface area contributed by atoms with Gasteiger partial charge < -0.3 is 9.57 Å². The first-order valence-electron chi connectivity index (χ1n) is 8.61. The Balaban J connectivity index is 2.03. The zero-order valence-corrected chi connectivity index (χ0v) is 15.9. The Morgan fingerprint density at radius 2 is 1.66 bits per heavy atom. The summed E-state index contributed by atoms with van der Waals surface area (Å²) < 4.78 is 32.7. The predicted octanol–water partition coefficient (Wildman–Crippen LogP) is 3.13. The van der Waals surface area contributed by atoms with E-state index in [1.165, 1.54) is 14.0 Å². The molecule has 1 unspecified atom stereocenters. The molecule has 1 heterocycles. The number of ether oxygens (including phenoxy) is 1. The van der Waals surface area contributed by atoms with Crippen LogP contribution in [0.3, 0.4) is 0 Å². The summed E-state index contributed by atoms with van der Waals surface area (Å²) in [6.07, 6.45) is 0. The highest BCUT2D eigenvalue weighted by atomic mass is 19.1. The van der Waals surface area contributed by atoms with E-state index in [4.69, 9.17) is 9.57 Å². The molecule has 0 spiro atoms. The summed E-state index contributed by atoms with van der Waals surface area (Å²) in [6, 6.07) is 8.19. The second-order valence-electron chi connectivity index (χ2n) is 6.63. The topological polar surface area (TPSA) is 76.2 Å². The molecule has 0 saturated carbocycles. The van der Waals surface area contributed by atoms with Crippen molar-refractivity contribution in [2.75, 3.05) is 7.11 Å². The van der Waals surface area contributed by atoms with Gasteiger partial charge in [-0.1, -0.05) is 12.1 Å². The minimum Gasteiger partial charge on any atom is -0.497 e. The van der Waals surface area contributed by atoms with Gasteiger partial charge in [0.2, 0.25) is 0 Å². The van der Waals surface area contributed by atoms with Crippen molar-refractivity contribution in [3.05, 3.63) is 65.2 Å². The van der Waals surface area contributed by atoms with E-state index in [9.17, 15) is 23.2 Å². The predicted molar refractivity (Wildman–Crippen MR) is 96.3 cm³/mol. The van der Waals surface area contributed by atoms with Crippen molar-refractivity contribution in [1.82, 2.24) is 9.96 Å². The van der Waals surface area contributed by atoms with Gasteiger partial charge in [-0.05, 0) is 42.3 Å². The van der Waals surface area contributed by atoms with Crippen molar-refractivity contribution in [1.29, 1.82) is 0 Å². The molecule has 0 bridgehead atoms. The standard InChI is InChI=1S/C20H18F2N2O5/c1-12(25)29-24-19(27)23(11-13-4-6-17(28-3)7-5-13)18(26)20(24,2)14-8-15(21)10-16(22)9-14/h4-10H,11H2,1-3H3. The Morgan fingerprint density at radius 1 is 1.07 bits per heavy atom. The van der Waals surface area contributed by atoms with Crippen LogP contribution >= 0.6 is 0 Å². The van der Waals surface area contributed by atoms with Crippen LogP contribution in [-0.4, -0.2) is 35.0 Å². The van der Waals surface area contributed by atoms with Gasteiger partial charge in [0, 0.05) is 13.0 Å². The normalized spacial score (nSPS) is 18.9. The van der Waals surface area contributed by atoms with E-state index in [1.807, 2.05) is 0 Å². The van der Waals surface area contributed by atoms with Gasteiger partial charge >= 0.3 is 12.0 Å². The quantitative estimate of drug-likeness (QED) is 0.716. The fraction of sp³-hybridized carbons (Fsp3) is 0.250. The van der Waals surface area contributed by atoms with E-state index in [0.717, 1.165) is 24.0 Å². The van der Waals surface area contributed by atoms with Gasteiger partial charge in [0.15, 0.2) is 5.54 Å². The number of benzene rings is 2. The van der Waals surface area contributed by atoms with Gasteiger partial charge in [-0.25, -0.2) is 13.6 Å². The smallest absolute Gasteiger partial charge is 0.361 e. The number of amides is 3. The van der Waals surface area contributed by atoms with Crippen LogP contribution in [0.5, 0.6) is 5.75 Å². The molecule has 3 rings (SSSR count). The minimum absolute atomic E-state index is 0.132. The first-order valence-corrected chi connectivity index (χ1v) is 8.61. The molecule has 1 saturated heterocycles. The lowest BCUT2D eigenvalue weighted by Gasteiger charge is -2.29. The Morgan fingerprint density at radius 3 is 2.17 bits per heavy atom. The van der Waals surface area contributed by atoms with Crippen molar-refractivity contribution < 1.29 is 32.7 Å². The summed E-state index contributed by atoms with van der Waals surface area (Å²) in [5, 5.41) is 0.551. The largest absolute Gasteiger partial charge is 0.497 e. The first kappa shape index (κ1) is 20.2. The SMILES string of the molecule is COc1ccc(CN2C(=O)N(OC(C)=O)C(C)(c3cc(F)cc(F)c3)C2=O)cc1. The molecule has 1 atom stereocenters. The van der Waals surface area contributed by atoms with Crippen LogP contribution in [0, 0.1) is 11.6 Å². The third kappa shape index (κ3) is 3.63. The highest BCUT2D eigenvalue weighted by molar-refractivity contribution is 6.07. The number of carbonyl (C=O) groups excluding carboxylic acids is 3. The van der Waals surface area contributed by atoms with Crippen LogP contribution < -0.4 is 4.74 Å². The molecule has 1 aliphatic heterocycles. The Hall–Kier alpha value is -3.49. The monoisotopic (exact) mass is 404 g/mol. The summed E-state index contributed by atoms with van der Waals surface area (Å²) in [5.74, 6) is -2.92. The molecular weight excluding hydrogens is 386 g/mol. The Kier molecular flexibility index (Phi) is 5.23. The molecule has 152 valence electrons. The molecule has 2 aromatic rings.